The molecule has 4 nitrogen and oxygen atoms in total. The molecule has 3 aromatic rings. The zero-order chi connectivity index (χ0) is 19.5. The molecule has 0 atom stereocenters. The summed E-state index contributed by atoms with van der Waals surface area (Å²) in [7, 11) is 0. The number of hydrogen-bond donors (Lipinski definition) is 0. The molecule has 7 heteroatoms. The molecule has 0 saturated carbocycles. The van der Waals surface area contributed by atoms with Gasteiger partial charge in [0.1, 0.15) is 18.2 Å². The second-order valence-corrected chi connectivity index (χ2v) is 7.74. The van der Waals surface area contributed by atoms with Crippen LogP contribution in [0.1, 0.15) is 16.0 Å². The first-order chi connectivity index (χ1) is 13.6. The highest BCUT2D eigenvalue weighted by molar-refractivity contribution is 9.10. The van der Waals surface area contributed by atoms with Crippen molar-refractivity contribution in [1.82, 2.24) is 0 Å². The van der Waals surface area contributed by atoms with E-state index in [0.717, 1.165) is 9.35 Å². The highest BCUT2D eigenvalue weighted by Crippen LogP contribution is 2.29. The number of aliphatic imine (C=N–C) groups is 1. The molecule has 0 radical (unpaired) electrons. The van der Waals surface area contributed by atoms with E-state index in [4.69, 9.17) is 9.47 Å². The zero-order valence-electron chi connectivity index (χ0n) is 14.4. The van der Waals surface area contributed by atoms with Crippen LogP contribution in [0.5, 0.6) is 5.75 Å². The molecule has 1 aliphatic heterocycles. The number of rotatable bonds is 5. The summed E-state index contributed by atoms with van der Waals surface area (Å²) in [5.41, 5.74) is 1.26. The van der Waals surface area contributed by atoms with E-state index < -0.39 is 5.97 Å². The fourth-order valence-corrected chi connectivity index (χ4v) is 3.62. The number of carbonyl (C=O) groups is 1. The van der Waals surface area contributed by atoms with Crippen molar-refractivity contribution in [3.8, 4) is 5.75 Å². The van der Waals surface area contributed by atoms with Crippen molar-refractivity contribution >= 4 is 45.2 Å². The average Bonchev–Trinajstić information content (AvgIpc) is 3.33. The molecular formula is C21H13BrFNO3S. The lowest BCUT2D eigenvalue weighted by Gasteiger charge is -2.10. The van der Waals surface area contributed by atoms with Crippen molar-refractivity contribution in [2.75, 3.05) is 0 Å². The minimum Gasteiger partial charge on any atom is -0.488 e. The van der Waals surface area contributed by atoms with E-state index in [1.54, 1.807) is 36.4 Å². The Bertz CT molecular complexity index is 1090. The Morgan fingerprint density at radius 3 is 2.82 bits per heavy atom. The third kappa shape index (κ3) is 4.05. The van der Waals surface area contributed by atoms with Crippen molar-refractivity contribution in [2.24, 2.45) is 4.99 Å². The predicted molar refractivity (Wildman–Crippen MR) is 110 cm³/mol. The van der Waals surface area contributed by atoms with Gasteiger partial charge in [-0.05, 0) is 41.8 Å². The highest BCUT2D eigenvalue weighted by atomic mass is 79.9. The van der Waals surface area contributed by atoms with Crippen LogP contribution in [0, 0.1) is 5.82 Å². The number of benzene rings is 2. The van der Waals surface area contributed by atoms with Gasteiger partial charge in [0, 0.05) is 15.6 Å². The summed E-state index contributed by atoms with van der Waals surface area (Å²) in [6, 6.07) is 15.5. The van der Waals surface area contributed by atoms with Gasteiger partial charge in [-0.1, -0.05) is 40.2 Å². The van der Waals surface area contributed by atoms with Crippen LogP contribution in [0.15, 0.2) is 75.1 Å². The van der Waals surface area contributed by atoms with E-state index in [0.29, 0.717) is 16.9 Å². The monoisotopic (exact) mass is 457 g/mol. The first-order valence-corrected chi connectivity index (χ1v) is 9.99. The first-order valence-electron chi connectivity index (χ1n) is 8.32. The third-order valence-corrected chi connectivity index (χ3v) is 5.31. The van der Waals surface area contributed by atoms with Crippen molar-refractivity contribution < 1.29 is 18.7 Å². The van der Waals surface area contributed by atoms with Gasteiger partial charge in [-0.25, -0.2) is 14.2 Å². The van der Waals surface area contributed by atoms with E-state index in [1.165, 1.54) is 17.4 Å². The summed E-state index contributed by atoms with van der Waals surface area (Å²) >= 11 is 4.86. The predicted octanol–water partition coefficient (Wildman–Crippen LogP) is 5.57. The van der Waals surface area contributed by atoms with Gasteiger partial charge in [0.2, 0.25) is 5.90 Å². The highest BCUT2D eigenvalue weighted by Gasteiger charge is 2.25. The van der Waals surface area contributed by atoms with Crippen LogP contribution in [0.25, 0.3) is 6.08 Å². The van der Waals surface area contributed by atoms with E-state index in [9.17, 15) is 9.18 Å². The number of esters is 1. The minimum absolute atomic E-state index is 0.0681. The Kier molecular flexibility index (Phi) is 5.36. The average molecular weight is 458 g/mol. The van der Waals surface area contributed by atoms with E-state index in [1.807, 2.05) is 23.6 Å². The van der Waals surface area contributed by atoms with Gasteiger partial charge >= 0.3 is 5.97 Å². The van der Waals surface area contributed by atoms with Crippen LogP contribution < -0.4 is 4.74 Å². The molecule has 0 fully saturated rings. The van der Waals surface area contributed by atoms with Crippen LogP contribution in [-0.4, -0.2) is 11.9 Å². The molecule has 0 N–H and O–H groups in total. The Labute approximate surface area is 173 Å². The number of ether oxygens (including phenoxy) is 2. The minimum atomic E-state index is -0.525. The first kappa shape index (κ1) is 18.6. The van der Waals surface area contributed by atoms with Gasteiger partial charge in [0.25, 0.3) is 0 Å². The number of carbonyl (C=O) groups excluding carboxylic acids is 1. The molecule has 0 aliphatic carbocycles. The van der Waals surface area contributed by atoms with Crippen molar-refractivity contribution in [3.63, 3.8) is 0 Å². The van der Waals surface area contributed by atoms with E-state index >= 15 is 0 Å². The maximum Gasteiger partial charge on any atom is 0.363 e. The smallest absolute Gasteiger partial charge is 0.363 e. The molecule has 0 bridgehead atoms. The molecule has 2 aromatic carbocycles. The van der Waals surface area contributed by atoms with Crippen LogP contribution in [0.4, 0.5) is 4.39 Å². The molecule has 0 spiro atoms. The standard InChI is InChI=1S/C21H13BrFNO3S/c22-15-7-8-18(26-12-13-4-1-2-5-16(13)23)14(10-15)11-17-21(25)27-20(24-17)19-6-3-9-28-19/h1-11H,12H2/b17-11+. The van der Waals surface area contributed by atoms with Gasteiger partial charge in [-0.3, -0.25) is 0 Å². The molecule has 28 heavy (non-hydrogen) atoms. The molecule has 0 saturated heterocycles. The van der Waals surface area contributed by atoms with Crippen LogP contribution in [0.2, 0.25) is 0 Å². The summed E-state index contributed by atoms with van der Waals surface area (Å²) in [6.07, 6.45) is 1.60. The molecular weight excluding hydrogens is 445 g/mol. The van der Waals surface area contributed by atoms with Crippen molar-refractivity contribution in [3.05, 3.63) is 92.0 Å². The van der Waals surface area contributed by atoms with Gasteiger partial charge in [-0.15, -0.1) is 11.3 Å². The van der Waals surface area contributed by atoms with Crippen LogP contribution >= 0.6 is 27.3 Å². The van der Waals surface area contributed by atoms with Gasteiger partial charge in [0.05, 0.1) is 4.88 Å². The lowest BCUT2D eigenvalue weighted by Crippen LogP contribution is -2.03. The van der Waals surface area contributed by atoms with Gasteiger partial charge in [-0.2, -0.15) is 0 Å². The zero-order valence-corrected chi connectivity index (χ0v) is 16.8. The second kappa shape index (κ2) is 8.08. The Balaban J connectivity index is 1.62. The second-order valence-electron chi connectivity index (χ2n) is 5.88. The number of cyclic esters (lactones) is 1. The van der Waals surface area contributed by atoms with Crippen LogP contribution in [0.3, 0.4) is 0 Å². The number of hydrogen-bond acceptors (Lipinski definition) is 5. The lowest BCUT2D eigenvalue weighted by atomic mass is 10.1. The Morgan fingerprint density at radius 1 is 1.18 bits per heavy atom. The molecule has 2 heterocycles. The van der Waals surface area contributed by atoms with Gasteiger partial charge in [0.15, 0.2) is 5.70 Å². The largest absolute Gasteiger partial charge is 0.488 e. The molecule has 1 aromatic heterocycles. The normalized spacial score (nSPS) is 14.9. The maximum absolute atomic E-state index is 13.8. The number of halogens is 2. The summed E-state index contributed by atoms with van der Waals surface area (Å²) < 4.78 is 25.7. The van der Waals surface area contributed by atoms with E-state index in [2.05, 4.69) is 20.9 Å². The van der Waals surface area contributed by atoms with Crippen LogP contribution in [-0.2, 0) is 16.1 Å². The lowest BCUT2D eigenvalue weighted by molar-refractivity contribution is -0.129. The summed E-state index contributed by atoms with van der Waals surface area (Å²) in [4.78, 5) is 17.3. The fraction of sp³-hybridized carbons (Fsp3) is 0.0476. The Hall–Kier alpha value is -2.77. The summed E-state index contributed by atoms with van der Waals surface area (Å²) in [5.74, 6) is -0.0610. The van der Waals surface area contributed by atoms with Crippen molar-refractivity contribution in [1.29, 1.82) is 0 Å². The SMILES string of the molecule is O=C1OC(c2cccs2)=N/C1=C/c1cc(Br)ccc1OCc1ccccc1F. The molecule has 0 amide bonds. The molecule has 4 rings (SSSR count). The fourth-order valence-electron chi connectivity index (χ4n) is 2.60. The summed E-state index contributed by atoms with van der Waals surface area (Å²) in [5, 5.41) is 1.89. The summed E-state index contributed by atoms with van der Waals surface area (Å²) in [6.45, 7) is 0.0681. The molecule has 1 aliphatic rings. The third-order valence-electron chi connectivity index (χ3n) is 3.96. The number of thiophene rings is 1. The van der Waals surface area contributed by atoms with Crippen molar-refractivity contribution in [2.45, 2.75) is 6.61 Å². The van der Waals surface area contributed by atoms with Gasteiger partial charge < -0.3 is 9.47 Å². The van der Waals surface area contributed by atoms with E-state index in [-0.39, 0.29) is 24.0 Å². The maximum atomic E-state index is 13.8. The quantitative estimate of drug-likeness (QED) is 0.371. The Morgan fingerprint density at radius 2 is 2.04 bits per heavy atom. The topological polar surface area (TPSA) is 47.9 Å². The molecule has 0 unspecified atom stereocenters. The molecule has 140 valence electrons. The number of nitrogens with zero attached hydrogens (tertiary/aromatic N) is 1.